The minimum absolute atomic E-state index is 0.272. The Balaban J connectivity index is 2.18. The van der Waals surface area contributed by atoms with Gasteiger partial charge < -0.3 is 9.84 Å². The Hall–Kier alpha value is -2.88. The van der Waals surface area contributed by atoms with Gasteiger partial charge in [-0.2, -0.15) is 5.26 Å². The van der Waals surface area contributed by atoms with Crippen molar-refractivity contribution in [2.24, 2.45) is 0 Å². The zero-order valence-electron chi connectivity index (χ0n) is 9.12. The van der Waals surface area contributed by atoms with Crippen molar-refractivity contribution < 1.29 is 14.6 Å². The third-order valence-electron chi connectivity index (χ3n) is 2.15. The lowest BCUT2D eigenvalue weighted by Crippen LogP contribution is -2.09. The average Bonchev–Trinajstić information content (AvgIpc) is 2.85. The fraction of sp³-hybridized carbons (Fsp3) is 0.0909. The molecule has 0 saturated heterocycles. The van der Waals surface area contributed by atoms with Crippen molar-refractivity contribution >= 4 is 5.97 Å². The first kappa shape index (κ1) is 11.6. The third-order valence-corrected chi connectivity index (χ3v) is 2.15. The van der Waals surface area contributed by atoms with Gasteiger partial charge in [0.15, 0.2) is 12.3 Å². The van der Waals surface area contributed by atoms with E-state index in [4.69, 9.17) is 15.1 Å². The van der Waals surface area contributed by atoms with E-state index >= 15 is 0 Å². The molecule has 0 unspecified atom stereocenters. The summed E-state index contributed by atoms with van der Waals surface area (Å²) < 4.78 is 4.99. The molecule has 2 rings (SSSR count). The number of nitrogens with zero attached hydrogens (tertiary/aromatic N) is 3. The number of hydrogen-bond donors (Lipinski definition) is 2. The van der Waals surface area contributed by atoms with Crippen LogP contribution in [-0.4, -0.2) is 33.1 Å². The number of carbonyl (C=O) groups is 1. The molecule has 2 N–H and O–H groups in total. The van der Waals surface area contributed by atoms with Gasteiger partial charge >= 0.3 is 5.97 Å². The number of carboxylic acid groups (broad SMARTS) is 1. The molecule has 18 heavy (non-hydrogen) atoms. The van der Waals surface area contributed by atoms with Gasteiger partial charge in [-0.1, -0.05) is 5.21 Å². The monoisotopic (exact) mass is 244 g/mol. The second-order valence-corrected chi connectivity index (χ2v) is 3.35. The number of nitriles is 1. The van der Waals surface area contributed by atoms with E-state index in [1.165, 1.54) is 0 Å². The van der Waals surface area contributed by atoms with Crippen LogP contribution in [0, 0.1) is 11.3 Å². The maximum absolute atomic E-state index is 10.3. The summed E-state index contributed by atoms with van der Waals surface area (Å²) in [5.41, 5.74) is 1.42. The van der Waals surface area contributed by atoms with Crippen LogP contribution in [0.2, 0.25) is 0 Å². The summed E-state index contributed by atoms with van der Waals surface area (Å²) in [6.45, 7) is -0.396. The Bertz CT molecular complexity index is 597. The topological polar surface area (TPSA) is 112 Å². The molecule has 0 amide bonds. The minimum atomic E-state index is -1.04. The first-order valence-corrected chi connectivity index (χ1v) is 4.97. The fourth-order valence-corrected chi connectivity index (χ4v) is 1.36. The number of aromatic amines is 1. The van der Waals surface area contributed by atoms with E-state index in [0.717, 1.165) is 0 Å². The number of hydrogen-bond acceptors (Lipinski definition) is 5. The van der Waals surface area contributed by atoms with Crippen LogP contribution in [0.1, 0.15) is 5.69 Å². The Morgan fingerprint density at radius 2 is 2.17 bits per heavy atom. The van der Waals surface area contributed by atoms with Gasteiger partial charge in [0.2, 0.25) is 0 Å². The van der Waals surface area contributed by atoms with Crippen molar-refractivity contribution in [3.8, 4) is 23.1 Å². The number of aromatic nitrogens is 3. The number of ether oxygens (including phenoxy) is 1. The molecule has 0 bridgehead atoms. The van der Waals surface area contributed by atoms with Gasteiger partial charge in [-0.15, -0.1) is 5.10 Å². The smallest absolute Gasteiger partial charge is 0.341 e. The third kappa shape index (κ3) is 2.44. The van der Waals surface area contributed by atoms with Crippen LogP contribution in [-0.2, 0) is 4.79 Å². The molecular weight excluding hydrogens is 236 g/mol. The summed E-state index contributed by atoms with van der Waals surface area (Å²) >= 11 is 0. The second-order valence-electron chi connectivity index (χ2n) is 3.35. The molecule has 0 spiro atoms. The van der Waals surface area contributed by atoms with Crippen LogP contribution >= 0.6 is 0 Å². The van der Waals surface area contributed by atoms with E-state index in [-0.39, 0.29) is 5.69 Å². The molecule has 1 heterocycles. The van der Waals surface area contributed by atoms with E-state index < -0.39 is 12.6 Å². The minimum Gasteiger partial charge on any atom is -0.482 e. The summed E-state index contributed by atoms with van der Waals surface area (Å²) in [4.78, 5) is 10.3. The van der Waals surface area contributed by atoms with Gasteiger partial charge in [-0.05, 0) is 24.3 Å². The predicted octanol–water partition coefficient (Wildman–Crippen LogP) is 0.807. The van der Waals surface area contributed by atoms with Crippen molar-refractivity contribution in [2.45, 2.75) is 0 Å². The van der Waals surface area contributed by atoms with Crippen LogP contribution in [0.25, 0.3) is 11.3 Å². The molecule has 0 saturated carbocycles. The molecule has 90 valence electrons. The van der Waals surface area contributed by atoms with E-state index in [0.29, 0.717) is 17.0 Å². The summed E-state index contributed by atoms with van der Waals surface area (Å²) in [5, 5.41) is 27.1. The van der Waals surface area contributed by atoms with Gasteiger partial charge in [0.1, 0.15) is 17.5 Å². The molecule has 0 aliphatic carbocycles. The van der Waals surface area contributed by atoms with Gasteiger partial charge in [-0.25, -0.2) is 9.89 Å². The molecule has 0 atom stereocenters. The van der Waals surface area contributed by atoms with Crippen LogP contribution in [0.5, 0.6) is 5.75 Å². The van der Waals surface area contributed by atoms with Gasteiger partial charge in [0.05, 0.1) is 0 Å². The number of benzene rings is 1. The Morgan fingerprint density at radius 1 is 1.44 bits per heavy atom. The lowest BCUT2D eigenvalue weighted by molar-refractivity contribution is -0.139. The van der Waals surface area contributed by atoms with Crippen LogP contribution in [0.3, 0.4) is 0 Å². The molecular formula is C11H8N4O3. The first-order valence-electron chi connectivity index (χ1n) is 4.97. The number of carboxylic acids is 1. The number of nitrogens with one attached hydrogen (secondary N) is 1. The van der Waals surface area contributed by atoms with E-state index in [1.807, 2.05) is 6.07 Å². The van der Waals surface area contributed by atoms with E-state index in [2.05, 4.69) is 15.4 Å². The lowest BCUT2D eigenvalue weighted by atomic mass is 10.1. The van der Waals surface area contributed by atoms with Crippen molar-refractivity contribution in [3.63, 3.8) is 0 Å². The molecule has 1 aromatic carbocycles. The Morgan fingerprint density at radius 3 is 2.78 bits per heavy atom. The maximum Gasteiger partial charge on any atom is 0.341 e. The van der Waals surface area contributed by atoms with Gasteiger partial charge in [0.25, 0.3) is 0 Å². The zero-order valence-corrected chi connectivity index (χ0v) is 9.12. The van der Waals surface area contributed by atoms with Crippen LogP contribution in [0.15, 0.2) is 24.3 Å². The van der Waals surface area contributed by atoms with Crippen molar-refractivity contribution in [1.29, 1.82) is 5.26 Å². The summed E-state index contributed by atoms with van der Waals surface area (Å²) in [6, 6.07) is 8.50. The van der Waals surface area contributed by atoms with Crippen molar-refractivity contribution in [1.82, 2.24) is 15.4 Å². The largest absolute Gasteiger partial charge is 0.482 e. The maximum atomic E-state index is 10.3. The number of H-pyrrole nitrogens is 1. The molecule has 0 fully saturated rings. The standard InChI is InChI=1S/C11H8N4O3/c12-5-9-11(14-15-13-9)7-1-3-8(4-2-7)18-6-10(16)17/h1-4H,6H2,(H,16,17)(H,13,14,15). The first-order chi connectivity index (χ1) is 8.70. The predicted molar refractivity (Wildman–Crippen MR) is 59.7 cm³/mol. The van der Waals surface area contributed by atoms with Crippen LogP contribution < -0.4 is 4.74 Å². The fourth-order valence-electron chi connectivity index (χ4n) is 1.36. The van der Waals surface area contributed by atoms with Crippen molar-refractivity contribution in [3.05, 3.63) is 30.0 Å². The summed E-state index contributed by atoms with van der Waals surface area (Å²) in [5.74, 6) is -0.606. The molecule has 2 aromatic rings. The summed E-state index contributed by atoms with van der Waals surface area (Å²) in [6.07, 6.45) is 0. The SMILES string of the molecule is N#Cc1[nH]nnc1-c1ccc(OCC(=O)O)cc1. The molecule has 0 aliphatic heterocycles. The van der Waals surface area contributed by atoms with Crippen molar-refractivity contribution in [2.75, 3.05) is 6.61 Å². The van der Waals surface area contributed by atoms with E-state index in [1.54, 1.807) is 24.3 Å². The molecule has 0 aliphatic rings. The quantitative estimate of drug-likeness (QED) is 0.822. The van der Waals surface area contributed by atoms with Crippen LogP contribution in [0.4, 0.5) is 0 Å². The number of aliphatic carboxylic acids is 1. The van der Waals surface area contributed by atoms with Gasteiger partial charge in [-0.3, -0.25) is 0 Å². The van der Waals surface area contributed by atoms with E-state index in [9.17, 15) is 4.79 Å². The highest BCUT2D eigenvalue weighted by Crippen LogP contribution is 2.22. The second kappa shape index (κ2) is 4.97. The van der Waals surface area contributed by atoms with Gasteiger partial charge in [0, 0.05) is 5.56 Å². The summed E-state index contributed by atoms with van der Waals surface area (Å²) in [7, 11) is 0. The average molecular weight is 244 g/mol. The highest BCUT2D eigenvalue weighted by Gasteiger charge is 2.09. The molecule has 0 radical (unpaired) electrons. The Kier molecular flexibility index (Phi) is 3.20. The zero-order chi connectivity index (χ0) is 13.0. The Labute approximate surface area is 102 Å². The lowest BCUT2D eigenvalue weighted by Gasteiger charge is -2.03. The molecule has 7 heteroatoms. The molecule has 7 nitrogen and oxygen atoms in total. The normalized spacial score (nSPS) is 9.72. The highest BCUT2D eigenvalue weighted by molar-refractivity contribution is 5.68. The number of rotatable bonds is 4. The molecule has 1 aromatic heterocycles. The highest BCUT2D eigenvalue weighted by atomic mass is 16.5.